The number of hydrogen-bond donors (Lipinski definition) is 2. The van der Waals surface area contributed by atoms with E-state index in [0.29, 0.717) is 23.0 Å². The van der Waals surface area contributed by atoms with Gasteiger partial charge in [-0.3, -0.25) is 19.2 Å². The highest BCUT2D eigenvalue weighted by Crippen LogP contribution is 2.28. The Morgan fingerprint density at radius 3 is 2.54 bits per heavy atom. The Morgan fingerprint density at radius 1 is 1.04 bits per heavy atom. The third-order valence-corrected chi connectivity index (χ3v) is 8.32. The normalized spacial score (nSPS) is 18.1. The average Bonchev–Trinajstić information content (AvgIpc) is 3.69. The standard InChI is InChI=1S/C35H38FN7O7/c1-3-9-41-19-32(44)38-30-17-42(33(45)20-43-39-28-6-4-5-7-29(28)40-43)18-31(30)49-21-22-11-25(36)16-26(12-22)50-27-14-23(13-24(15-27)35(41)47)34(46)37-8-10-48-2/h4-7,11-16,30-31H,3,8-10,17-21H2,1-2H3,(H,37,46)(H,38,44)/t30-,31-/m1/s1. The summed E-state index contributed by atoms with van der Waals surface area (Å²) >= 11 is 0. The molecular formula is C35H38FN7O7. The van der Waals surface area contributed by atoms with E-state index in [4.69, 9.17) is 14.2 Å². The second kappa shape index (κ2) is 15.4. The molecule has 0 radical (unpaired) electrons. The van der Waals surface area contributed by atoms with Crippen molar-refractivity contribution in [3.05, 3.63) is 83.2 Å². The van der Waals surface area contributed by atoms with Crippen molar-refractivity contribution in [2.24, 2.45) is 0 Å². The fourth-order valence-corrected chi connectivity index (χ4v) is 6.00. The minimum absolute atomic E-state index is 0.0487. The molecule has 2 atom stereocenters. The molecule has 262 valence electrons. The molecule has 2 aliphatic rings. The summed E-state index contributed by atoms with van der Waals surface area (Å²) in [6, 6.07) is 15.1. The average molecular weight is 688 g/mol. The number of carbonyl (C=O) groups is 4. The van der Waals surface area contributed by atoms with Gasteiger partial charge in [0.2, 0.25) is 11.8 Å². The minimum atomic E-state index is -0.643. The van der Waals surface area contributed by atoms with Crippen molar-refractivity contribution in [3.63, 3.8) is 0 Å². The van der Waals surface area contributed by atoms with Gasteiger partial charge in [-0.15, -0.1) is 0 Å². The van der Waals surface area contributed by atoms with Gasteiger partial charge in [0.1, 0.15) is 34.9 Å². The highest BCUT2D eigenvalue weighted by Gasteiger charge is 2.38. The zero-order chi connectivity index (χ0) is 35.2. The van der Waals surface area contributed by atoms with E-state index in [1.165, 1.54) is 47.1 Å². The molecule has 2 aliphatic heterocycles. The number of rotatable bonds is 8. The highest BCUT2D eigenvalue weighted by molar-refractivity contribution is 6.01. The Balaban J connectivity index is 1.28. The van der Waals surface area contributed by atoms with Gasteiger partial charge in [-0.2, -0.15) is 15.0 Å². The fourth-order valence-electron chi connectivity index (χ4n) is 6.00. The molecule has 6 rings (SSSR count). The lowest BCUT2D eigenvalue weighted by Crippen LogP contribution is -2.49. The number of methoxy groups -OCH3 is 1. The number of likely N-dealkylation sites (tertiary alicyclic amines) is 1. The number of aromatic nitrogens is 3. The maximum absolute atomic E-state index is 14.9. The van der Waals surface area contributed by atoms with Gasteiger partial charge in [-0.05, 0) is 54.4 Å². The first-order chi connectivity index (χ1) is 24.2. The lowest BCUT2D eigenvalue weighted by atomic mass is 10.1. The van der Waals surface area contributed by atoms with Crippen molar-refractivity contribution < 1.29 is 37.8 Å². The Bertz CT molecular complexity index is 1870. The second-order valence-corrected chi connectivity index (χ2v) is 12.2. The Morgan fingerprint density at radius 2 is 1.80 bits per heavy atom. The van der Waals surface area contributed by atoms with Crippen LogP contribution >= 0.6 is 0 Å². The molecule has 14 nitrogen and oxygen atoms in total. The molecule has 0 spiro atoms. The number of nitrogens with zero attached hydrogens (tertiary/aromatic N) is 5. The molecule has 0 aliphatic carbocycles. The van der Waals surface area contributed by atoms with Crippen LogP contribution in [0.25, 0.3) is 11.0 Å². The molecule has 1 aromatic heterocycles. The molecule has 4 amide bonds. The molecule has 4 bridgehead atoms. The summed E-state index contributed by atoms with van der Waals surface area (Å²) in [5.41, 5.74) is 2.02. The van der Waals surface area contributed by atoms with Gasteiger partial charge in [-0.1, -0.05) is 19.1 Å². The number of fused-ring (bicyclic) bond motifs is 6. The summed E-state index contributed by atoms with van der Waals surface area (Å²) in [5.74, 6) is -2.02. The van der Waals surface area contributed by atoms with E-state index in [9.17, 15) is 23.6 Å². The van der Waals surface area contributed by atoms with Gasteiger partial charge >= 0.3 is 0 Å². The van der Waals surface area contributed by atoms with Crippen LogP contribution in [0.4, 0.5) is 4.39 Å². The molecule has 2 N–H and O–H groups in total. The first kappa shape index (κ1) is 34.5. The number of ether oxygens (including phenoxy) is 3. The monoisotopic (exact) mass is 687 g/mol. The smallest absolute Gasteiger partial charge is 0.254 e. The third-order valence-electron chi connectivity index (χ3n) is 8.32. The van der Waals surface area contributed by atoms with E-state index in [-0.39, 0.29) is 81.0 Å². The van der Waals surface area contributed by atoms with Crippen LogP contribution in [0.2, 0.25) is 0 Å². The summed E-state index contributed by atoms with van der Waals surface area (Å²) in [4.78, 5) is 58.1. The summed E-state index contributed by atoms with van der Waals surface area (Å²) in [7, 11) is 1.51. The number of carbonyl (C=O) groups excluding carboxylic acids is 4. The maximum atomic E-state index is 14.9. The maximum Gasteiger partial charge on any atom is 0.254 e. The van der Waals surface area contributed by atoms with Crippen LogP contribution in [0.5, 0.6) is 11.5 Å². The molecule has 1 saturated heterocycles. The zero-order valence-corrected chi connectivity index (χ0v) is 27.8. The third kappa shape index (κ3) is 8.23. The minimum Gasteiger partial charge on any atom is -0.457 e. The van der Waals surface area contributed by atoms with Gasteiger partial charge in [0, 0.05) is 50.5 Å². The topological polar surface area (TPSA) is 157 Å². The van der Waals surface area contributed by atoms with Crippen LogP contribution in [0.1, 0.15) is 39.6 Å². The molecular weight excluding hydrogens is 649 g/mol. The van der Waals surface area contributed by atoms with Crippen molar-refractivity contribution in [1.29, 1.82) is 0 Å². The van der Waals surface area contributed by atoms with Gasteiger partial charge < -0.3 is 34.6 Å². The van der Waals surface area contributed by atoms with Crippen LogP contribution in [0, 0.1) is 5.82 Å². The molecule has 0 saturated carbocycles. The number of nitrogens with one attached hydrogen (secondary N) is 2. The van der Waals surface area contributed by atoms with Crippen molar-refractivity contribution in [1.82, 2.24) is 35.4 Å². The second-order valence-electron chi connectivity index (χ2n) is 12.2. The van der Waals surface area contributed by atoms with Crippen LogP contribution in [-0.4, -0.2) is 107 Å². The van der Waals surface area contributed by atoms with E-state index >= 15 is 0 Å². The van der Waals surface area contributed by atoms with E-state index in [2.05, 4.69) is 20.8 Å². The van der Waals surface area contributed by atoms with Crippen LogP contribution in [0.3, 0.4) is 0 Å². The zero-order valence-electron chi connectivity index (χ0n) is 27.8. The Hall–Kier alpha value is -5.41. The number of benzene rings is 3. The quantitative estimate of drug-likeness (QED) is 0.266. The van der Waals surface area contributed by atoms with Crippen LogP contribution in [-0.2, 0) is 32.2 Å². The first-order valence-corrected chi connectivity index (χ1v) is 16.4. The van der Waals surface area contributed by atoms with Crippen LogP contribution in [0.15, 0.2) is 60.7 Å². The summed E-state index contributed by atoms with van der Waals surface area (Å²) in [5, 5.41) is 14.4. The van der Waals surface area contributed by atoms with E-state index in [0.717, 1.165) is 0 Å². The summed E-state index contributed by atoms with van der Waals surface area (Å²) < 4.78 is 32.1. The summed E-state index contributed by atoms with van der Waals surface area (Å²) in [6.07, 6.45) is -0.0881. The van der Waals surface area contributed by atoms with E-state index < -0.39 is 35.7 Å². The molecule has 3 heterocycles. The predicted octanol–water partition coefficient (Wildman–Crippen LogP) is 2.52. The summed E-state index contributed by atoms with van der Waals surface area (Å²) in [6.45, 7) is 2.50. The van der Waals surface area contributed by atoms with Crippen molar-refractivity contribution in [3.8, 4) is 11.5 Å². The van der Waals surface area contributed by atoms with Gasteiger partial charge in [-0.25, -0.2) is 4.39 Å². The number of hydrogen-bond acceptors (Lipinski definition) is 9. The molecule has 15 heteroatoms. The van der Waals surface area contributed by atoms with E-state index in [1.54, 1.807) is 11.0 Å². The van der Waals surface area contributed by atoms with E-state index in [1.807, 2.05) is 31.2 Å². The van der Waals surface area contributed by atoms with Gasteiger partial charge in [0.05, 0.1) is 31.9 Å². The fraction of sp³-hybridized carbons (Fsp3) is 0.371. The molecule has 1 fully saturated rings. The Kier molecular flexibility index (Phi) is 10.6. The largest absolute Gasteiger partial charge is 0.457 e. The molecule has 50 heavy (non-hydrogen) atoms. The number of amides is 4. The van der Waals surface area contributed by atoms with Gasteiger partial charge in [0.25, 0.3) is 11.8 Å². The SMILES string of the molecule is CCCN1CC(=O)N[C@@H]2CN(C(=O)Cn3nc4ccccc4n3)C[C@H]2OCc2cc(F)cc(c2)Oc2cc(C(=O)NCCOC)cc(c2)C1=O. The van der Waals surface area contributed by atoms with Gasteiger partial charge in [0.15, 0.2) is 0 Å². The predicted molar refractivity (Wildman–Crippen MR) is 178 cm³/mol. The van der Waals surface area contributed by atoms with Crippen molar-refractivity contribution >= 4 is 34.7 Å². The molecule has 0 unspecified atom stereocenters. The lowest BCUT2D eigenvalue weighted by molar-refractivity contribution is -0.132. The van der Waals surface area contributed by atoms with Crippen molar-refractivity contribution in [2.75, 3.05) is 46.4 Å². The number of halogens is 1. The Labute approximate surface area is 287 Å². The van der Waals surface area contributed by atoms with Crippen molar-refractivity contribution in [2.45, 2.75) is 38.6 Å². The molecule has 3 aromatic carbocycles. The lowest BCUT2D eigenvalue weighted by Gasteiger charge is -2.25. The van der Waals surface area contributed by atoms with Crippen LogP contribution < -0.4 is 15.4 Å². The highest BCUT2D eigenvalue weighted by atomic mass is 19.1. The molecule has 4 aromatic rings. The first-order valence-electron chi connectivity index (χ1n) is 16.4.